The summed E-state index contributed by atoms with van der Waals surface area (Å²) in [5.41, 5.74) is 0.994. The SMILES string of the molecule is COc1cc(C2CC(=O)CCO2)ccc1Br. The summed E-state index contributed by atoms with van der Waals surface area (Å²) in [6, 6.07) is 5.78. The van der Waals surface area contributed by atoms with E-state index in [1.54, 1.807) is 7.11 Å². The summed E-state index contributed by atoms with van der Waals surface area (Å²) in [7, 11) is 1.62. The molecule has 1 fully saturated rings. The minimum atomic E-state index is -0.122. The van der Waals surface area contributed by atoms with Crippen molar-refractivity contribution >= 4 is 21.7 Å². The van der Waals surface area contributed by atoms with E-state index in [1.165, 1.54) is 0 Å². The van der Waals surface area contributed by atoms with Gasteiger partial charge >= 0.3 is 0 Å². The molecule has 1 aromatic rings. The maximum atomic E-state index is 11.3. The van der Waals surface area contributed by atoms with Crippen LogP contribution in [0.4, 0.5) is 0 Å². The number of methoxy groups -OCH3 is 1. The molecule has 0 radical (unpaired) electrons. The van der Waals surface area contributed by atoms with Gasteiger partial charge in [-0.05, 0) is 33.6 Å². The number of hydrogen-bond acceptors (Lipinski definition) is 3. The van der Waals surface area contributed by atoms with Crippen LogP contribution < -0.4 is 4.74 Å². The maximum Gasteiger partial charge on any atom is 0.138 e. The molecule has 1 unspecified atom stereocenters. The molecule has 1 aromatic carbocycles. The normalized spacial score (nSPS) is 20.9. The number of ketones is 1. The lowest BCUT2D eigenvalue weighted by Gasteiger charge is -2.22. The van der Waals surface area contributed by atoms with E-state index in [4.69, 9.17) is 9.47 Å². The third kappa shape index (κ3) is 2.44. The van der Waals surface area contributed by atoms with Crippen molar-refractivity contribution in [3.05, 3.63) is 28.2 Å². The highest BCUT2D eigenvalue weighted by molar-refractivity contribution is 9.10. The van der Waals surface area contributed by atoms with Crippen molar-refractivity contribution in [3.8, 4) is 5.75 Å². The smallest absolute Gasteiger partial charge is 0.138 e. The van der Waals surface area contributed by atoms with Crippen molar-refractivity contribution in [2.24, 2.45) is 0 Å². The number of hydrogen-bond donors (Lipinski definition) is 0. The molecule has 1 saturated heterocycles. The zero-order chi connectivity index (χ0) is 11.5. The van der Waals surface area contributed by atoms with Crippen molar-refractivity contribution in [3.63, 3.8) is 0 Å². The standard InChI is InChI=1S/C12H13BrO3/c1-15-12-6-8(2-3-10(12)13)11-7-9(14)4-5-16-11/h2-3,6,11H,4-5,7H2,1H3. The number of carbonyl (C=O) groups is 1. The van der Waals surface area contributed by atoms with Crippen molar-refractivity contribution in [1.29, 1.82) is 0 Å². The molecule has 2 rings (SSSR count). The Morgan fingerprint density at radius 2 is 2.31 bits per heavy atom. The molecule has 0 aromatic heterocycles. The Bertz CT molecular complexity index is 403. The molecule has 86 valence electrons. The van der Waals surface area contributed by atoms with Crippen LogP contribution in [-0.2, 0) is 9.53 Å². The highest BCUT2D eigenvalue weighted by Crippen LogP contribution is 2.32. The Labute approximate surface area is 103 Å². The molecule has 1 aliphatic heterocycles. The zero-order valence-corrected chi connectivity index (χ0v) is 10.6. The van der Waals surface area contributed by atoms with Crippen LogP contribution in [0.25, 0.3) is 0 Å². The van der Waals surface area contributed by atoms with Crippen LogP contribution >= 0.6 is 15.9 Å². The van der Waals surface area contributed by atoms with Gasteiger partial charge in [0.05, 0.1) is 24.3 Å². The van der Waals surface area contributed by atoms with Gasteiger partial charge in [0.1, 0.15) is 11.5 Å². The van der Waals surface area contributed by atoms with E-state index >= 15 is 0 Å². The van der Waals surface area contributed by atoms with Crippen molar-refractivity contribution < 1.29 is 14.3 Å². The van der Waals surface area contributed by atoms with Gasteiger partial charge in [0.25, 0.3) is 0 Å². The Morgan fingerprint density at radius 1 is 1.50 bits per heavy atom. The van der Waals surface area contributed by atoms with Crippen LogP contribution in [0.5, 0.6) is 5.75 Å². The van der Waals surface area contributed by atoms with E-state index in [2.05, 4.69) is 15.9 Å². The number of ether oxygens (including phenoxy) is 2. The largest absolute Gasteiger partial charge is 0.496 e. The van der Waals surface area contributed by atoms with Crippen LogP contribution in [0.1, 0.15) is 24.5 Å². The van der Waals surface area contributed by atoms with Gasteiger partial charge in [-0.1, -0.05) is 6.07 Å². The molecular weight excluding hydrogens is 272 g/mol. The molecule has 1 heterocycles. The average molecular weight is 285 g/mol. The van der Waals surface area contributed by atoms with Crippen LogP contribution in [0, 0.1) is 0 Å². The first-order valence-electron chi connectivity index (χ1n) is 5.17. The van der Waals surface area contributed by atoms with Gasteiger partial charge in [0, 0.05) is 12.8 Å². The molecule has 0 aliphatic carbocycles. The summed E-state index contributed by atoms with van der Waals surface area (Å²) in [5.74, 6) is 1.03. The van der Waals surface area contributed by atoms with Gasteiger partial charge in [0.2, 0.25) is 0 Å². The average Bonchev–Trinajstić information content (AvgIpc) is 2.29. The Kier molecular flexibility index (Phi) is 3.61. The first-order valence-corrected chi connectivity index (χ1v) is 5.96. The molecule has 4 heteroatoms. The predicted octanol–water partition coefficient (Wildman–Crippen LogP) is 2.88. The first kappa shape index (κ1) is 11.6. The molecule has 0 bridgehead atoms. The lowest BCUT2D eigenvalue weighted by molar-refractivity contribution is -0.128. The number of rotatable bonds is 2. The summed E-state index contributed by atoms with van der Waals surface area (Å²) in [5, 5.41) is 0. The fourth-order valence-corrected chi connectivity index (χ4v) is 2.18. The molecule has 0 amide bonds. The molecule has 0 spiro atoms. The van der Waals surface area contributed by atoms with Gasteiger partial charge in [-0.2, -0.15) is 0 Å². The summed E-state index contributed by atoms with van der Waals surface area (Å²) in [6.07, 6.45) is 0.873. The maximum absolute atomic E-state index is 11.3. The second-order valence-corrected chi connectivity index (χ2v) is 4.60. The lowest BCUT2D eigenvalue weighted by atomic mass is 10.0. The fraction of sp³-hybridized carbons (Fsp3) is 0.417. The molecule has 3 nitrogen and oxygen atoms in total. The van der Waals surface area contributed by atoms with E-state index in [1.807, 2.05) is 18.2 Å². The first-order chi connectivity index (χ1) is 7.70. The minimum absolute atomic E-state index is 0.122. The third-order valence-corrected chi connectivity index (χ3v) is 3.32. The van der Waals surface area contributed by atoms with E-state index in [-0.39, 0.29) is 11.9 Å². The summed E-state index contributed by atoms with van der Waals surface area (Å²) >= 11 is 3.39. The van der Waals surface area contributed by atoms with Crippen molar-refractivity contribution in [2.45, 2.75) is 18.9 Å². The predicted molar refractivity (Wildman–Crippen MR) is 63.6 cm³/mol. The van der Waals surface area contributed by atoms with Crippen molar-refractivity contribution in [2.75, 3.05) is 13.7 Å². The van der Waals surface area contributed by atoms with E-state index in [0.29, 0.717) is 19.4 Å². The molecule has 0 N–H and O–H groups in total. The summed E-state index contributed by atoms with van der Waals surface area (Å²) < 4.78 is 11.7. The van der Waals surface area contributed by atoms with E-state index in [9.17, 15) is 4.79 Å². The number of carbonyl (C=O) groups excluding carboxylic acids is 1. The second-order valence-electron chi connectivity index (χ2n) is 3.75. The highest BCUT2D eigenvalue weighted by atomic mass is 79.9. The van der Waals surface area contributed by atoms with Crippen molar-refractivity contribution in [1.82, 2.24) is 0 Å². The monoisotopic (exact) mass is 284 g/mol. The molecular formula is C12H13BrO3. The molecule has 16 heavy (non-hydrogen) atoms. The van der Waals surface area contributed by atoms with Gasteiger partial charge in [-0.15, -0.1) is 0 Å². The lowest BCUT2D eigenvalue weighted by Crippen LogP contribution is -2.19. The zero-order valence-electron chi connectivity index (χ0n) is 9.03. The Morgan fingerprint density at radius 3 is 3.00 bits per heavy atom. The van der Waals surface area contributed by atoms with Crippen LogP contribution in [0.15, 0.2) is 22.7 Å². The number of Topliss-reactive ketones (excluding diaryl/α,β-unsaturated/α-hetero) is 1. The minimum Gasteiger partial charge on any atom is -0.496 e. The molecule has 0 saturated carbocycles. The fourth-order valence-electron chi connectivity index (χ4n) is 1.77. The second kappa shape index (κ2) is 4.97. The third-order valence-electron chi connectivity index (χ3n) is 2.66. The van der Waals surface area contributed by atoms with E-state index in [0.717, 1.165) is 15.8 Å². The Hall–Kier alpha value is -0.870. The highest BCUT2D eigenvalue weighted by Gasteiger charge is 2.22. The van der Waals surface area contributed by atoms with Gasteiger partial charge in [0.15, 0.2) is 0 Å². The number of benzene rings is 1. The van der Waals surface area contributed by atoms with Gasteiger partial charge in [-0.3, -0.25) is 4.79 Å². The summed E-state index contributed by atoms with van der Waals surface area (Å²) in [6.45, 7) is 0.516. The van der Waals surface area contributed by atoms with Crippen LogP contribution in [-0.4, -0.2) is 19.5 Å². The quantitative estimate of drug-likeness (QED) is 0.838. The van der Waals surface area contributed by atoms with Gasteiger partial charge < -0.3 is 9.47 Å². The number of halogens is 1. The Balaban J connectivity index is 2.22. The molecule has 1 aliphatic rings. The summed E-state index contributed by atoms with van der Waals surface area (Å²) in [4.78, 5) is 11.3. The van der Waals surface area contributed by atoms with E-state index < -0.39 is 0 Å². The van der Waals surface area contributed by atoms with Gasteiger partial charge in [-0.25, -0.2) is 0 Å². The topological polar surface area (TPSA) is 35.5 Å². The molecule has 1 atom stereocenters. The van der Waals surface area contributed by atoms with Crippen LogP contribution in [0.3, 0.4) is 0 Å². The van der Waals surface area contributed by atoms with Crippen LogP contribution in [0.2, 0.25) is 0 Å².